The zero-order valence-electron chi connectivity index (χ0n) is 12.6. The minimum Gasteiger partial charge on any atom is -0.481 e. The predicted molar refractivity (Wildman–Crippen MR) is 81.4 cm³/mol. The molecule has 1 aliphatic heterocycles. The second kappa shape index (κ2) is 8.64. The molecule has 0 aliphatic carbocycles. The van der Waals surface area contributed by atoms with Gasteiger partial charge in [-0.3, -0.25) is 9.69 Å². The fourth-order valence-corrected chi connectivity index (χ4v) is 2.26. The maximum absolute atomic E-state index is 12.1. The summed E-state index contributed by atoms with van der Waals surface area (Å²) in [7, 11) is 0. The molecular weight excluding hydrogens is 268 g/mol. The van der Waals surface area contributed by atoms with Crippen molar-refractivity contribution in [3.05, 3.63) is 30.3 Å². The third-order valence-electron chi connectivity index (χ3n) is 3.52. The monoisotopic (exact) mass is 292 g/mol. The second-order valence-corrected chi connectivity index (χ2v) is 5.07. The molecule has 0 saturated carbocycles. The lowest BCUT2D eigenvalue weighted by atomic mass is 10.2. The number of carbonyl (C=O) groups excluding carboxylic acids is 1. The SMILES string of the molecule is CCC(Oc1ccccc1)C(=O)NCCN1CCOCC1. The third-order valence-corrected chi connectivity index (χ3v) is 3.52. The van der Waals surface area contributed by atoms with Crippen LogP contribution in [-0.4, -0.2) is 56.3 Å². The molecule has 21 heavy (non-hydrogen) atoms. The molecule has 0 bridgehead atoms. The Hall–Kier alpha value is -1.59. The van der Waals surface area contributed by atoms with Crippen LogP contribution in [0.5, 0.6) is 5.75 Å². The summed E-state index contributed by atoms with van der Waals surface area (Å²) in [5.41, 5.74) is 0. The summed E-state index contributed by atoms with van der Waals surface area (Å²) in [6.45, 7) is 6.89. The predicted octanol–water partition coefficient (Wildman–Crippen LogP) is 1.29. The molecule has 0 spiro atoms. The summed E-state index contributed by atoms with van der Waals surface area (Å²) in [6.07, 6.45) is 0.218. The van der Waals surface area contributed by atoms with Crippen LogP contribution >= 0.6 is 0 Å². The molecule has 1 N–H and O–H groups in total. The van der Waals surface area contributed by atoms with Gasteiger partial charge in [0, 0.05) is 26.2 Å². The summed E-state index contributed by atoms with van der Waals surface area (Å²) in [4.78, 5) is 14.4. The molecule has 1 aromatic rings. The number of carbonyl (C=O) groups is 1. The lowest BCUT2D eigenvalue weighted by Crippen LogP contribution is -2.44. The standard InChI is InChI=1S/C16H24N2O3/c1-2-15(21-14-6-4-3-5-7-14)16(19)17-8-9-18-10-12-20-13-11-18/h3-7,15H,2,8-13H2,1H3,(H,17,19). The van der Waals surface area contributed by atoms with Crippen LogP contribution in [0.2, 0.25) is 0 Å². The fraction of sp³-hybridized carbons (Fsp3) is 0.562. The molecule has 1 atom stereocenters. The maximum atomic E-state index is 12.1. The van der Waals surface area contributed by atoms with Gasteiger partial charge in [-0.2, -0.15) is 0 Å². The van der Waals surface area contributed by atoms with Gasteiger partial charge in [-0.15, -0.1) is 0 Å². The highest BCUT2D eigenvalue weighted by molar-refractivity contribution is 5.81. The quantitative estimate of drug-likeness (QED) is 0.823. The summed E-state index contributed by atoms with van der Waals surface area (Å²) >= 11 is 0. The molecule has 116 valence electrons. The van der Waals surface area contributed by atoms with E-state index < -0.39 is 6.10 Å². The van der Waals surface area contributed by atoms with E-state index in [1.807, 2.05) is 37.3 Å². The molecule has 1 heterocycles. The van der Waals surface area contributed by atoms with Crippen LogP contribution in [-0.2, 0) is 9.53 Å². The number of hydrogen-bond donors (Lipinski definition) is 1. The Morgan fingerprint density at radius 2 is 2.05 bits per heavy atom. The van der Waals surface area contributed by atoms with E-state index in [-0.39, 0.29) is 5.91 Å². The molecule has 1 amide bonds. The van der Waals surface area contributed by atoms with Gasteiger partial charge in [-0.1, -0.05) is 25.1 Å². The van der Waals surface area contributed by atoms with E-state index in [4.69, 9.17) is 9.47 Å². The lowest BCUT2D eigenvalue weighted by molar-refractivity contribution is -0.128. The zero-order valence-corrected chi connectivity index (χ0v) is 12.6. The average Bonchev–Trinajstić information content (AvgIpc) is 2.54. The van der Waals surface area contributed by atoms with Gasteiger partial charge in [0.2, 0.25) is 0 Å². The summed E-state index contributed by atoms with van der Waals surface area (Å²) in [5.74, 6) is 0.683. The van der Waals surface area contributed by atoms with Crippen molar-refractivity contribution in [2.24, 2.45) is 0 Å². The van der Waals surface area contributed by atoms with Gasteiger partial charge in [0.05, 0.1) is 13.2 Å². The van der Waals surface area contributed by atoms with Gasteiger partial charge in [0.1, 0.15) is 5.75 Å². The van der Waals surface area contributed by atoms with E-state index >= 15 is 0 Å². The number of amides is 1. The first kappa shape index (κ1) is 15.8. The van der Waals surface area contributed by atoms with Crippen LogP contribution in [0.1, 0.15) is 13.3 Å². The Labute approximate surface area is 126 Å². The first-order valence-corrected chi connectivity index (χ1v) is 7.59. The molecule has 0 radical (unpaired) electrons. The van der Waals surface area contributed by atoms with Crippen molar-refractivity contribution in [1.82, 2.24) is 10.2 Å². The molecule has 2 rings (SSSR count). The van der Waals surface area contributed by atoms with E-state index in [9.17, 15) is 4.79 Å². The van der Waals surface area contributed by atoms with Gasteiger partial charge < -0.3 is 14.8 Å². The summed E-state index contributed by atoms with van der Waals surface area (Å²) in [5, 5.41) is 2.95. The number of morpholine rings is 1. The lowest BCUT2D eigenvalue weighted by Gasteiger charge is -2.26. The topological polar surface area (TPSA) is 50.8 Å². The van der Waals surface area contributed by atoms with Crippen molar-refractivity contribution < 1.29 is 14.3 Å². The van der Waals surface area contributed by atoms with Crippen LogP contribution in [0.4, 0.5) is 0 Å². The van der Waals surface area contributed by atoms with Gasteiger partial charge in [-0.05, 0) is 18.6 Å². The van der Waals surface area contributed by atoms with Crippen LogP contribution in [0.25, 0.3) is 0 Å². The smallest absolute Gasteiger partial charge is 0.261 e. The van der Waals surface area contributed by atoms with Gasteiger partial charge in [0.15, 0.2) is 6.10 Å². The highest BCUT2D eigenvalue weighted by Gasteiger charge is 2.18. The number of nitrogens with one attached hydrogen (secondary N) is 1. The number of rotatable bonds is 7. The molecule has 0 aromatic heterocycles. The van der Waals surface area contributed by atoms with E-state index in [2.05, 4.69) is 10.2 Å². The van der Waals surface area contributed by atoms with Crippen LogP contribution in [0, 0.1) is 0 Å². The molecule has 1 aliphatic rings. The van der Waals surface area contributed by atoms with E-state index in [1.165, 1.54) is 0 Å². The molecular formula is C16H24N2O3. The Morgan fingerprint density at radius 1 is 1.33 bits per heavy atom. The van der Waals surface area contributed by atoms with E-state index in [1.54, 1.807) is 0 Å². The molecule has 1 aromatic carbocycles. The van der Waals surface area contributed by atoms with Crippen LogP contribution < -0.4 is 10.1 Å². The summed E-state index contributed by atoms with van der Waals surface area (Å²) < 4.78 is 11.0. The average molecular weight is 292 g/mol. The van der Waals surface area contributed by atoms with Gasteiger partial charge in [0.25, 0.3) is 5.91 Å². The first-order chi connectivity index (χ1) is 10.3. The molecule has 1 fully saturated rings. The maximum Gasteiger partial charge on any atom is 0.261 e. The van der Waals surface area contributed by atoms with Gasteiger partial charge >= 0.3 is 0 Å². The van der Waals surface area contributed by atoms with Crippen molar-refractivity contribution in [1.29, 1.82) is 0 Å². The third kappa shape index (κ3) is 5.36. The number of hydrogen-bond acceptors (Lipinski definition) is 4. The first-order valence-electron chi connectivity index (χ1n) is 7.59. The van der Waals surface area contributed by atoms with Crippen molar-refractivity contribution in [3.63, 3.8) is 0 Å². The van der Waals surface area contributed by atoms with E-state index in [0.29, 0.717) is 13.0 Å². The van der Waals surface area contributed by atoms with E-state index in [0.717, 1.165) is 38.6 Å². The normalized spacial score (nSPS) is 17.2. The molecule has 1 saturated heterocycles. The highest BCUT2D eigenvalue weighted by Crippen LogP contribution is 2.12. The molecule has 5 nitrogen and oxygen atoms in total. The van der Waals surface area contributed by atoms with Gasteiger partial charge in [-0.25, -0.2) is 0 Å². The summed E-state index contributed by atoms with van der Waals surface area (Å²) in [6, 6.07) is 9.46. The largest absolute Gasteiger partial charge is 0.481 e. The second-order valence-electron chi connectivity index (χ2n) is 5.07. The van der Waals surface area contributed by atoms with Crippen LogP contribution in [0.3, 0.4) is 0 Å². The highest BCUT2D eigenvalue weighted by atomic mass is 16.5. The fourth-order valence-electron chi connectivity index (χ4n) is 2.26. The number of benzene rings is 1. The Kier molecular flexibility index (Phi) is 6.50. The Balaban J connectivity index is 1.72. The minimum atomic E-state index is -0.433. The van der Waals surface area contributed by atoms with Crippen molar-refractivity contribution >= 4 is 5.91 Å². The number of nitrogens with zero attached hydrogens (tertiary/aromatic N) is 1. The zero-order chi connectivity index (χ0) is 14.9. The number of para-hydroxylation sites is 1. The van der Waals surface area contributed by atoms with Crippen molar-refractivity contribution in [2.75, 3.05) is 39.4 Å². The molecule has 1 unspecified atom stereocenters. The molecule has 5 heteroatoms. The Morgan fingerprint density at radius 3 is 2.71 bits per heavy atom. The van der Waals surface area contributed by atoms with Crippen molar-refractivity contribution in [3.8, 4) is 5.75 Å². The minimum absolute atomic E-state index is 0.0467. The Bertz CT molecular complexity index is 419. The van der Waals surface area contributed by atoms with Crippen molar-refractivity contribution in [2.45, 2.75) is 19.4 Å². The number of ether oxygens (including phenoxy) is 2. The van der Waals surface area contributed by atoms with Crippen LogP contribution in [0.15, 0.2) is 30.3 Å².